The Morgan fingerprint density at radius 3 is 2.39 bits per heavy atom. The largest absolute Gasteiger partial charge is 0.379 e. The number of ether oxygens (including phenoxy) is 1. The second-order valence-electron chi connectivity index (χ2n) is 9.69. The van der Waals surface area contributed by atoms with Gasteiger partial charge in [-0.3, -0.25) is 19.7 Å². The lowest BCUT2D eigenvalue weighted by Gasteiger charge is -2.32. The van der Waals surface area contributed by atoms with Crippen LogP contribution in [-0.2, 0) is 32.3 Å². The normalized spacial score (nSPS) is 18.4. The van der Waals surface area contributed by atoms with Crippen LogP contribution in [0.3, 0.4) is 0 Å². The number of fused-ring (bicyclic) bond motifs is 1. The summed E-state index contributed by atoms with van der Waals surface area (Å²) in [5.74, 6) is -1.20. The molecule has 2 amide bonds. The van der Waals surface area contributed by atoms with E-state index in [1.54, 1.807) is 4.90 Å². The van der Waals surface area contributed by atoms with E-state index < -0.39 is 20.5 Å². The predicted molar refractivity (Wildman–Crippen MR) is 135 cm³/mol. The van der Waals surface area contributed by atoms with E-state index in [4.69, 9.17) is 9.94 Å². The van der Waals surface area contributed by atoms with Crippen LogP contribution in [0.1, 0.15) is 34.8 Å². The Kier molecular flexibility index (Phi) is 7.79. The van der Waals surface area contributed by atoms with Gasteiger partial charge >= 0.3 is 0 Å². The highest BCUT2D eigenvalue weighted by atomic mass is 32.2. The van der Waals surface area contributed by atoms with E-state index in [9.17, 15) is 18.0 Å². The van der Waals surface area contributed by atoms with Crippen molar-refractivity contribution in [3.05, 3.63) is 59.2 Å². The van der Waals surface area contributed by atoms with Crippen LogP contribution in [0, 0.1) is 0 Å². The zero-order valence-corrected chi connectivity index (χ0v) is 21.5. The van der Waals surface area contributed by atoms with Crippen LogP contribution in [-0.4, -0.2) is 85.6 Å². The molecule has 2 N–H and O–H groups in total. The summed E-state index contributed by atoms with van der Waals surface area (Å²) in [5, 5.41) is 9.01. The molecule has 1 atom stereocenters. The molecule has 36 heavy (non-hydrogen) atoms. The van der Waals surface area contributed by atoms with E-state index >= 15 is 0 Å². The Hall–Kier alpha value is -2.79. The summed E-state index contributed by atoms with van der Waals surface area (Å²) in [6.45, 7) is 6.11. The number of sulfone groups is 1. The summed E-state index contributed by atoms with van der Waals surface area (Å²) in [5.41, 5.74) is 6.35. The zero-order valence-electron chi connectivity index (χ0n) is 20.7. The predicted octanol–water partition coefficient (Wildman–Crippen LogP) is 1.88. The number of hydrogen-bond donors (Lipinski definition) is 2. The number of hydrogen-bond acceptors (Lipinski definition) is 7. The molecular formula is C26H33N3O6S. The molecule has 1 unspecified atom stereocenters. The summed E-state index contributed by atoms with van der Waals surface area (Å²) in [6.07, 6.45) is 1.46. The van der Waals surface area contributed by atoms with E-state index in [0.29, 0.717) is 18.5 Å². The highest BCUT2D eigenvalue weighted by Gasteiger charge is 2.44. The van der Waals surface area contributed by atoms with Crippen LogP contribution in [0.5, 0.6) is 0 Å². The van der Waals surface area contributed by atoms with Gasteiger partial charge < -0.3 is 9.64 Å². The van der Waals surface area contributed by atoms with Gasteiger partial charge in [-0.05, 0) is 48.1 Å². The van der Waals surface area contributed by atoms with Gasteiger partial charge in [-0.15, -0.1) is 0 Å². The van der Waals surface area contributed by atoms with Crippen molar-refractivity contribution < 1.29 is 28.0 Å². The maximum absolute atomic E-state index is 13.1. The summed E-state index contributed by atoms with van der Waals surface area (Å²) in [7, 11) is -3.82. The van der Waals surface area contributed by atoms with Crippen molar-refractivity contribution in [1.82, 2.24) is 15.3 Å². The molecule has 2 aliphatic rings. The Labute approximate surface area is 211 Å². The van der Waals surface area contributed by atoms with Gasteiger partial charge in [-0.2, -0.15) is 0 Å². The molecule has 1 fully saturated rings. The number of benzene rings is 2. The fourth-order valence-electron chi connectivity index (χ4n) is 4.68. The van der Waals surface area contributed by atoms with Gasteiger partial charge in [-0.25, -0.2) is 13.9 Å². The molecule has 0 aliphatic carbocycles. The quantitative estimate of drug-likeness (QED) is 0.407. The van der Waals surface area contributed by atoms with E-state index in [-0.39, 0.29) is 18.9 Å². The zero-order chi connectivity index (χ0) is 25.9. The molecule has 2 aromatic carbocycles. The van der Waals surface area contributed by atoms with Gasteiger partial charge in [0.25, 0.3) is 11.8 Å². The third kappa shape index (κ3) is 5.46. The average Bonchev–Trinajstić information content (AvgIpc) is 2.88. The fraction of sp³-hybridized carbons (Fsp3) is 0.462. The number of morpholine rings is 1. The van der Waals surface area contributed by atoms with Gasteiger partial charge in [0, 0.05) is 44.5 Å². The van der Waals surface area contributed by atoms with Crippen molar-refractivity contribution in [2.75, 3.05) is 45.6 Å². The minimum atomic E-state index is -3.82. The van der Waals surface area contributed by atoms with E-state index in [1.807, 2.05) is 18.2 Å². The lowest BCUT2D eigenvalue weighted by molar-refractivity contribution is -0.131. The SMILES string of the molecule is CC(CCN1CCc2cc(-c3ccc(CN4CCOCC4)cc3)ccc2C1=O)(C(=O)NO)S(C)(=O)=O. The first-order valence-corrected chi connectivity index (χ1v) is 14.0. The summed E-state index contributed by atoms with van der Waals surface area (Å²) in [6, 6.07) is 14.3. The maximum Gasteiger partial charge on any atom is 0.264 e. The number of carbonyl (C=O) groups excluding carboxylic acids is 2. The van der Waals surface area contributed by atoms with Gasteiger partial charge in [0.15, 0.2) is 14.6 Å². The Morgan fingerprint density at radius 1 is 1.08 bits per heavy atom. The summed E-state index contributed by atoms with van der Waals surface area (Å²) >= 11 is 0. The lowest BCUT2D eigenvalue weighted by atomic mass is 9.93. The van der Waals surface area contributed by atoms with Crippen molar-refractivity contribution in [2.45, 2.75) is 31.1 Å². The molecule has 2 aromatic rings. The van der Waals surface area contributed by atoms with Crippen LogP contribution >= 0.6 is 0 Å². The Balaban J connectivity index is 1.44. The molecule has 0 saturated carbocycles. The van der Waals surface area contributed by atoms with Crippen molar-refractivity contribution >= 4 is 21.7 Å². The number of carbonyl (C=O) groups is 2. The number of rotatable bonds is 8. The van der Waals surface area contributed by atoms with Crippen LogP contribution in [0.25, 0.3) is 11.1 Å². The smallest absolute Gasteiger partial charge is 0.264 e. The van der Waals surface area contributed by atoms with Gasteiger partial charge in [0.2, 0.25) is 0 Å². The van der Waals surface area contributed by atoms with Gasteiger partial charge in [0.05, 0.1) is 13.2 Å². The van der Waals surface area contributed by atoms with E-state index in [0.717, 1.165) is 55.8 Å². The molecule has 0 radical (unpaired) electrons. The van der Waals surface area contributed by atoms with Gasteiger partial charge in [0.1, 0.15) is 0 Å². The standard InChI is InChI=1S/C26H33N3O6S/c1-26(25(31)27-32,36(2,33)34)10-12-29-11-9-22-17-21(7-8-23(22)24(29)30)20-5-3-19(4-6-20)18-28-13-15-35-16-14-28/h3-8,17,32H,9-16,18H2,1-2H3,(H,27,31). The molecule has 9 nitrogen and oxygen atoms in total. The molecule has 194 valence electrons. The number of amides is 2. The minimum absolute atomic E-state index is 0.0849. The van der Waals surface area contributed by atoms with Crippen molar-refractivity contribution in [2.24, 2.45) is 0 Å². The number of nitrogens with zero attached hydrogens (tertiary/aromatic N) is 2. The Morgan fingerprint density at radius 2 is 1.75 bits per heavy atom. The molecule has 0 bridgehead atoms. The first kappa shape index (κ1) is 26.3. The van der Waals surface area contributed by atoms with E-state index in [1.165, 1.54) is 18.0 Å². The fourth-order valence-corrected chi connectivity index (χ4v) is 5.53. The molecule has 2 aliphatic heterocycles. The molecule has 1 saturated heterocycles. The average molecular weight is 516 g/mol. The third-order valence-corrected chi connectivity index (χ3v) is 9.36. The van der Waals surface area contributed by atoms with Crippen LogP contribution in [0.4, 0.5) is 0 Å². The molecule has 2 heterocycles. The first-order chi connectivity index (χ1) is 17.1. The summed E-state index contributed by atoms with van der Waals surface area (Å²) < 4.78 is 28.0. The molecule has 0 aromatic heterocycles. The summed E-state index contributed by atoms with van der Waals surface area (Å²) in [4.78, 5) is 29.1. The second-order valence-corrected chi connectivity index (χ2v) is 12.1. The number of nitrogens with one attached hydrogen (secondary N) is 1. The molecule has 4 rings (SSSR count). The van der Waals surface area contributed by atoms with Crippen LogP contribution in [0.15, 0.2) is 42.5 Å². The highest BCUT2D eigenvalue weighted by molar-refractivity contribution is 7.92. The van der Waals surface area contributed by atoms with Crippen LogP contribution in [0.2, 0.25) is 0 Å². The maximum atomic E-state index is 13.1. The van der Waals surface area contributed by atoms with Crippen LogP contribution < -0.4 is 5.48 Å². The molecular weight excluding hydrogens is 482 g/mol. The monoisotopic (exact) mass is 515 g/mol. The molecule has 10 heteroatoms. The van der Waals surface area contributed by atoms with Crippen molar-refractivity contribution in [3.63, 3.8) is 0 Å². The second kappa shape index (κ2) is 10.7. The number of hydroxylamine groups is 1. The third-order valence-electron chi connectivity index (χ3n) is 7.33. The Bertz CT molecular complexity index is 1220. The van der Waals surface area contributed by atoms with Gasteiger partial charge in [-0.1, -0.05) is 36.4 Å². The highest BCUT2D eigenvalue weighted by Crippen LogP contribution is 2.28. The minimum Gasteiger partial charge on any atom is -0.379 e. The van der Waals surface area contributed by atoms with Crippen molar-refractivity contribution in [3.8, 4) is 11.1 Å². The van der Waals surface area contributed by atoms with Crippen molar-refractivity contribution in [1.29, 1.82) is 0 Å². The topological polar surface area (TPSA) is 116 Å². The molecule has 0 spiro atoms. The lowest BCUT2D eigenvalue weighted by Crippen LogP contribution is -2.51. The first-order valence-electron chi connectivity index (χ1n) is 12.1. The van der Waals surface area contributed by atoms with E-state index in [2.05, 4.69) is 29.2 Å².